The Morgan fingerprint density at radius 2 is 2.00 bits per heavy atom. The number of primary amides is 1. The molecule has 0 aliphatic heterocycles. The predicted molar refractivity (Wildman–Crippen MR) is 102 cm³/mol. The van der Waals surface area contributed by atoms with Crippen LogP contribution in [-0.4, -0.2) is 34.8 Å². The van der Waals surface area contributed by atoms with Gasteiger partial charge in [-0.05, 0) is 49.6 Å². The van der Waals surface area contributed by atoms with E-state index >= 15 is 0 Å². The lowest BCUT2D eigenvalue weighted by molar-refractivity contribution is -0.121. The van der Waals surface area contributed by atoms with Crippen LogP contribution in [0.4, 0.5) is 4.39 Å². The van der Waals surface area contributed by atoms with E-state index in [-0.39, 0.29) is 40.8 Å². The van der Waals surface area contributed by atoms with Crippen molar-refractivity contribution in [1.29, 1.82) is 0 Å². The summed E-state index contributed by atoms with van der Waals surface area (Å²) in [5.74, 6) is -1.24. The number of carbonyl (C=O) groups excluding carboxylic acids is 2. The summed E-state index contributed by atoms with van der Waals surface area (Å²) >= 11 is 0. The average Bonchev–Trinajstić information content (AvgIpc) is 3.33. The van der Waals surface area contributed by atoms with E-state index in [0.717, 1.165) is 0 Å². The van der Waals surface area contributed by atoms with Gasteiger partial charge in [0.05, 0.1) is 5.56 Å². The highest BCUT2D eigenvalue weighted by Crippen LogP contribution is 2.30. The summed E-state index contributed by atoms with van der Waals surface area (Å²) in [6.45, 7) is 0. The molecule has 0 spiro atoms. The summed E-state index contributed by atoms with van der Waals surface area (Å²) in [7, 11) is 1.67. The van der Waals surface area contributed by atoms with E-state index in [0.29, 0.717) is 30.4 Å². The van der Waals surface area contributed by atoms with Gasteiger partial charge in [0.1, 0.15) is 11.3 Å². The molecular formula is C21H20FN3O3. The lowest BCUT2D eigenvalue weighted by Gasteiger charge is -2.24. The number of hydrogen-bond acceptors (Lipinski definition) is 4. The normalized spacial score (nSPS) is 19.1. The fourth-order valence-electron chi connectivity index (χ4n) is 3.75. The molecule has 28 heavy (non-hydrogen) atoms. The second kappa shape index (κ2) is 7.07. The molecule has 7 heteroatoms. The van der Waals surface area contributed by atoms with Gasteiger partial charge in [-0.25, -0.2) is 9.37 Å². The van der Waals surface area contributed by atoms with Gasteiger partial charge in [-0.15, -0.1) is 0 Å². The van der Waals surface area contributed by atoms with Gasteiger partial charge in [0.2, 0.25) is 11.8 Å². The summed E-state index contributed by atoms with van der Waals surface area (Å²) in [5, 5.41) is 0. The number of aromatic nitrogens is 1. The van der Waals surface area contributed by atoms with E-state index in [9.17, 15) is 14.0 Å². The molecule has 0 unspecified atom stereocenters. The Labute approximate surface area is 161 Å². The molecule has 0 bridgehead atoms. The summed E-state index contributed by atoms with van der Waals surface area (Å²) in [5.41, 5.74) is 7.01. The number of halogens is 1. The SMILES string of the molecule is CN(C(=O)c1ccc(-c2nc3ccccc3o2)c(F)c1)[C@@H]1CC[C@H](C(N)=O)C1. The molecule has 2 atom stereocenters. The van der Waals surface area contributed by atoms with Gasteiger partial charge < -0.3 is 15.1 Å². The molecular weight excluding hydrogens is 361 g/mol. The molecule has 1 saturated carbocycles. The third-order valence-electron chi connectivity index (χ3n) is 5.42. The second-order valence-electron chi connectivity index (χ2n) is 7.16. The van der Waals surface area contributed by atoms with Gasteiger partial charge in [-0.3, -0.25) is 9.59 Å². The predicted octanol–water partition coefficient (Wildman–Crippen LogP) is 3.36. The van der Waals surface area contributed by atoms with Crippen LogP contribution in [0.1, 0.15) is 29.6 Å². The van der Waals surface area contributed by atoms with Gasteiger partial charge in [-0.1, -0.05) is 12.1 Å². The zero-order valence-corrected chi connectivity index (χ0v) is 15.4. The Bertz CT molecular complexity index is 1030. The topological polar surface area (TPSA) is 89.4 Å². The van der Waals surface area contributed by atoms with Crippen molar-refractivity contribution in [2.45, 2.75) is 25.3 Å². The summed E-state index contributed by atoms with van der Waals surface area (Å²) in [6.07, 6.45) is 1.92. The molecule has 0 saturated heterocycles. The van der Waals surface area contributed by atoms with Crippen molar-refractivity contribution in [3.05, 3.63) is 53.8 Å². The van der Waals surface area contributed by atoms with Crippen molar-refractivity contribution in [3.63, 3.8) is 0 Å². The number of para-hydroxylation sites is 2. The molecule has 1 heterocycles. The monoisotopic (exact) mass is 381 g/mol. The minimum absolute atomic E-state index is 0.0789. The summed E-state index contributed by atoms with van der Waals surface area (Å²) < 4.78 is 20.3. The van der Waals surface area contributed by atoms with E-state index in [1.807, 2.05) is 12.1 Å². The minimum atomic E-state index is -0.577. The Morgan fingerprint density at radius 1 is 1.21 bits per heavy atom. The van der Waals surface area contributed by atoms with Crippen LogP contribution in [0.2, 0.25) is 0 Å². The number of benzene rings is 2. The fraction of sp³-hybridized carbons (Fsp3) is 0.286. The molecule has 4 rings (SSSR count). The van der Waals surface area contributed by atoms with Gasteiger partial charge in [0, 0.05) is 24.6 Å². The molecule has 1 aromatic heterocycles. The number of nitrogens with two attached hydrogens (primary N) is 1. The molecule has 1 aliphatic rings. The number of oxazole rings is 1. The van der Waals surface area contributed by atoms with E-state index in [4.69, 9.17) is 10.2 Å². The van der Waals surface area contributed by atoms with Crippen molar-refractivity contribution in [3.8, 4) is 11.5 Å². The highest BCUT2D eigenvalue weighted by atomic mass is 19.1. The molecule has 6 nitrogen and oxygen atoms in total. The number of carbonyl (C=O) groups is 2. The fourth-order valence-corrected chi connectivity index (χ4v) is 3.75. The molecule has 3 aromatic rings. The Morgan fingerprint density at radius 3 is 2.68 bits per heavy atom. The molecule has 1 aliphatic carbocycles. The van der Waals surface area contributed by atoms with Crippen LogP contribution in [0.3, 0.4) is 0 Å². The first-order chi connectivity index (χ1) is 13.4. The maximum absolute atomic E-state index is 14.7. The van der Waals surface area contributed by atoms with E-state index in [1.165, 1.54) is 12.1 Å². The van der Waals surface area contributed by atoms with Crippen molar-refractivity contribution in [2.75, 3.05) is 7.05 Å². The Kier molecular flexibility index (Phi) is 4.58. The molecule has 0 radical (unpaired) electrons. The number of hydrogen-bond donors (Lipinski definition) is 1. The second-order valence-corrected chi connectivity index (χ2v) is 7.16. The van der Waals surface area contributed by atoms with Crippen molar-refractivity contribution in [2.24, 2.45) is 11.7 Å². The van der Waals surface area contributed by atoms with E-state index in [2.05, 4.69) is 4.98 Å². The van der Waals surface area contributed by atoms with Gasteiger partial charge in [0.15, 0.2) is 5.58 Å². The standard InChI is InChI=1S/C21H20FN3O3/c1-25(14-8-6-12(10-14)19(23)26)21(27)13-7-9-15(16(22)11-13)20-24-17-4-2-3-5-18(17)28-20/h2-5,7,9,11-12,14H,6,8,10H2,1H3,(H2,23,26)/t12-,14+/m0/s1. The highest BCUT2D eigenvalue weighted by Gasteiger charge is 2.33. The van der Waals surface area contributed by atoms with Gasteiger partial charge in [-0.2, -0.15) is 0 Å². The van der Waals surface area contributed by atoms with Crippen LogP contribution in [0.5, 0.6) is 0 Å². The average molecular weight is 381 g/mol. The van der Waals surface area contributed by atoms with Crippen LogP contribution in [-0.2, 0) is 4.79 Å². The number of fused-ring (bicyclic) bond motifs is 1. The molecule has 144 valence electrons. The van der Waals surface area contributed by atoms with Gasteiger partial charge >= 0.3 is 0 Å². The smallest absolute Gasteiger partial charge is 0.253 e. The van der Waals surface area contributed by atoms with Crippen LogP contribution < -0.4 is 5.73 Å². The first kappa shape index (κ1) is 18.2. The molecule has 2 aromatic carbocycles. The summed E-state index contributed by atoms with van der Waals surface area (Å²) in [4.78, 5) is 30.0. The quantitative estimate of drug-likeness (QED) is 0.750. The third kappa shape index (κ3) is 3.24. The van der Waals surface area contributed by atoms with E-state index < -0.39 is 5.82 Å². The molecule has 1 fully saturated rings. The lowest BCUT2D eigenvalue weighted by Crippen LogP contribution is -2.36. The van der Waals surface area contributed by atoms with Gasteiger partial charge in [0.25, 0.3) is 5.91 Å². The molecule has 2 N–H and O–H groups in total. The number of nitrogens with zero attached hydrogens (tertiary/aromatic N) is 2. The minimum Gasteiger partial charge on any atom is -0.436 e. The first-order valence-corrected chi connectivity index (χ1v) is 9.16. The first-order valence-electron chi connectivity index (χ1n) is 9.16. The van der Waals surface area contributed by atoms with E-state index in [1.54, 1.807) is 30.1 Å². The van der Waals surface area contributed by atoms with Crippen LogP contribution >= 0.6 is 0 Å². The van der Waals surface area contributed by atoms with Crippen molar-refractivity contribution < 1.29 is 18.4 Å². The highest BCUT2D eigenvalue weighted by molar-refractivity contribution is 5.95. The number of amides is 2. The Hall–Kier alpha value is -3.22. The maximum atomic E-state index is 14.7. The maximum Gasteiger partial charge on any atom is 0.253 e. The van der Waals surface area contributed by atoms with Crippen molar-refractivity contribution >= 4 is 22.9 Å². The largest absolute Gasteiger partial charge is 0.436 e. The third-order valence-corrected chi connectivity index (χ3v) is 5.42. The number of rotatable bonds is 4. The molecule has 2 amide bonds. The van der Waals surface area contributed by atoms with Crippen LogP contribution in [0.15, 0.2) is 46.9 Å². The van der Waals surface area contributed by atoms with Crippen LogP contribution in [0, 0.1) is 11.7 Å². The Balaban J connectivity index is 1.55. The zero-order chi connectivity index (χ0) is 19.8. The van der Waals surface area contributed by atoms with Crippen LogP contribution in [0.25, 0.3) is 22.6 Å². The summed E-state index contributed by atoms with van der Waals surface area (Å²) in [6, 6.07) is 11.4. The zero-order valence-electron chi connectivity index (χ0n) is 15.4. The lowest BCUT2D eigenvalue weighted by atomic mass is 10.1. The van der Waals surface area contributed by atoms with Crippen molar-refractivity contribution in [1.82, 2.24) is 9.88 Å².